The lowest BCUT2D eigenvalue weighted by Crippen LogP contribution is -2.17. The van der Waals surface area contributed by atoms with Crippen LogP contribution >= 0.6 is 0 Å². The predicted octanol–water partition coefficient (Wildman–Crippen LogP) is 3.49. The molecule has 0 aliphatic heterocycles. The number of ether oxygens (including phenoxy) is 1. The Morgan fingerprint density at radius 2 is 1.62 bits per heavy atom. The molecule has 0 spiro atoms. The lowest BCUT2D eigenvalue weighted by atomic mass is 10.1. The molecule has 0 aliphatic rings. The highest BCUT2D eigenvalue weighted by Gasteiger charge is 2.26. The Bertz CT molecular complexity index is 190. The second kappa shape index (κ2) is 8.56. The van der Waals surface area contributed by atoms with E-state index in [-0.39, 0.29) is 12.4 Å². The number of alkyl halides is 3. The maximum atomic E-state index is 11.7. The fourth-order valence-corrected chi connectivity index (χ4v) is 1.30. The smallest absolute Gasteiger partial charge is 0.372 e. The van der Waals surface area contributed by atoms with Crippen molar-refractivity contribution in [1.82, 2.24) is 0 Å². The van der Waals surface area contributed by atoms with Crippen LogP contribution in [0.25, 0.3) is 0 Å². The maximum absolute atomic E-state index is 11.7. The van der Waals surface area contributed by atoms with Gasteiger partial charge >= 0.3 is 6.18 Å². The topological polar surface area (TPSA) is 26.3 Å². The summed E-state index contributed by atoms with van der Waals surface area (Å²) in [5, 5.41) is 0. The highest BCUT2D eigenvalue weighted by molar-refractivity contribution is 5.75. The summed E-state index contributed by atoms with van der Waals surface area (Å²) in [7, 11) is 0. The van der Waals surface area contributed by atoms with Crippen LogP contribution in [0.1, 0.15) is 45.4 Å². The van der Waals surface area contributed by atoms with E-state index in [1.54, 1.807) is 6.92 Å². The minimum atomic E-state index is -4.22. The van der Waals surface area contributed by atoms with Crippen LogP contribution in [-0.4, -0.2) is 25.2 Å². The van der Waals surface area contributed by atoms with E-state index in [4.69, 9.17) is 0 Å². The molecule has 0 radical (unpaired) electrons. The van der Waals surface area contributed by atoms with Gasteiger partial charge in [-0.1, -0.05) is 19.3 Å². The third-order valence-electron chi connectivity index (χ3n) is 2.08. The molecule has 0 aliphatic carbocycles. The lowest BCUT2D eigenvalue weighted by molar-refractivity contribution is -0.174. The molecule has 0 bridgehead atoms. The summed E-state index contributed by atoms with van der Waals surface area (Å²) >= 11 is 0. The zero-order chi connectivity index (χ0) is 12.4. The Balaban J connectivity index is 3.07. The van der Waals surface area contributed by atoms with Crippen LogP contribution in [0.3, 0.4) is 0 Å². The van der Waals surface area contributed by atoms with Crippen LogP contribution in [0.2, 0.25) is 0 Å². The number of rotatable bonds is 9. The SMILES string of the molecule is CC(=O)CCCCCCCOCC(F)(F)F. The maximum Gasteiger partial charge on any atom is 0.411 e. The van der Waals surface area contributed by atoms with Crippen molar-refractivity contribution in [3.8, 4) is 0 Å². The highest BCUT2D eigenvalue weighted by Crippen LogP contribution is 2.14. The zero-order valence-corrected chi connectivity index (χ0v) is 9.61. The van der Waals surface area contributed by atoms with Crippen molar-refractivity contribution < 1.29 is 22.7 Å². The molecule has 0 aromatic carbocycles. The number of halogens is 3. The van der Waals surface area contributed by atoms with Gasteiger partial charge in [-0.3, -0.25) is 0 Å². The van der Waals surface area contributed by atoms with Gasteiger partial charge in [0.1, 0.15) is 12.4 Å². The molecule has 0 aromatic heterocycles. The second-order valence-electron chi connectivity index (χ2n) is 3.89. The van der Waals surface area contributed by atoms with Crippen molar-refractivity contribution in [3.63, 3.8) is 0 Å². The van der Waals surface area contributed by atoms with Gasteiger partial charge in [0.2, 0.25) is 0 Å². The summed E-state index contributed by atoms with van der Waals surface area (Å²) in [6.45, 7) is 0.564. The van der Waals surface area contributed by atoms with Crippen molar-refractivity contribution >= 4 is 5.78 Å². The Kier molecular flexibility index (Phi) is 8.25. The summed E-state index contributed by atoms with van der Waals surface area (Å²) in [5.41, 5.74) is 0. The fourth-order valence-electron chi connectivity index (χ4n) is 1.30. The Morgan fingerprint density at radius 1 is 1.06 bits per heavy atom. The molecular formula is C11H19F3O2. The molecule has 0 fully saturated rings. The molecule has 0 atom stereocenters. The molecular weight excluding hydrogens is 221 g/mol. The van der Waals surface area contributed by atoms with E-state index in [0.29, 0.717) is 12.8 Å². The van der Waals surface area contributed by atoms with Crippen LogP contribution < -0.4 is 0 Å². The van der Waals surface area contributed by atoms with E-state index in [1.165, 1.54) is 0 Å². The summed E-state index contributed by atoms with van der Waals surface area (Å²) in [6.07, 6.45) is 0.665. The molecule has 0 saturated carbocycles. The van der Waals surface area contributed by atoms with Crippen LogP contribution in [0.15, 0.2) is 0 Å². The number of Topliss-reactive ketones (excluding diaryl/α,β-unsaturated/α-hetero) is 1. The van der Waals surface area contributed by atoms with Crippen molar-refractivity contribution in [2.75, 3.05) is 13.2 Å². The minimum Gasteiger partial charge on any atom is -0.372 e. The number of ketones is 1. The van der Waals surface area contributed by atoms with Crippen LogP contribution in [0.4, 0.5) is 13.2 Å². The predicted molar refractivity (Wildman–Crippen MR) is 55.3 cm³/mol. The minimum absolute atomic E-state index is 0.159. The summed E-state index contributed by atoms with van der Waals surface area (Å²) < 4.78 is 39.4. The van der Waals surface area contributed by atoms with Crippen molar-refractivity contribution in [1.29, 1.82) is 0 Å². The van der Waals surface area contributed by atoms with E-state index in [9.17, 15) is 18.0 Å². The first-order valence-corrected chi connectivity index (χ1v) is 5.56. The van der Waals surface area contributed by atoms with Crippen molar-refractivity contribution in [2.45, 2.75) is 51.6 Å². The monoisotopic (exact) mass is 240 g/mol. The second-order valence-corrected chi connectivity index (χ2v) is 3.89. The van der Waals surface area contributed by atoms with Crippen LogP contribution in [0.5, 0.6) is 0 Å². The molecule has 16 heavy (non-hydrogen) atoms. The molecule has 0 heterocycles. The largest absolute Gasteiger partial charge is 0.411 e. The number of carbonyl (C=O) groups is 1. The number of hydrogen-bond acceptors (Lipinski definition) is 2. The Hall–Kier alpha value is -0.580. The summed E-state index contributed by atoms with van der Waals surface area (Å²) in [6, 6.07) is 0. The first-order valence-electron chi connectivity index (χ1n) is 5.56. The first-order chi connectivity index (χ1) is 7.42. The normalized spacial score (nSPS) is 11.8. The Morgan fingerprint density at radius 3 is 2.19 bits per heavy atom. The molecule has 2 nitrogen and oxygen atoms in total. The third-order valence-corrected chi connectivity index (χ3v) is 2.08. The van der Waals surface area contributed by atoms with Gasteiger partial charge < -0.3 is 9.53 Å². The molecule has 0 unspecified atom stereocenters. The average molecular weight is 240 g/mol. The van der Waals surface area contributed by atoms with E-state index in [0.717, 1.165) is 25.7 Å². The molecule has 96 valence electrons. The van der Waals surface area contributed by atoms with Gasteiger partial charge in [0.15, 0.2) is 0 Å². The van der Waals surface area contributed by atoms with Crippen molar-refractivity contribution in [2.24, 2.45) is 0 Å². The fraction of sp³-hybridized carbons (Fsp3) is 0.909. The van der Waals surface area contributed by atoms with Crippen molar-refractivity contribution in [3.05, 3.63) is 0 Å². The summed E-state index contributed by atoms with van der Waals surface area (Å²) in [4.78, 5) is 10.6. The quantitative estimate of drug-likeness (QED) is 0.576. The number of carbonyl (C=O) groups excluding carboxylic acids is 1. The zero-order valence-electron chi connectivity index (χ0n) is 9.61. The third kappa shape index (κ3) is 13.4. The van der Waals surface area contributed by atoms with Gasteiger partial charge in [-0.15, -0.1) is 0 Å². The first kappa shape index (κ1) is 15.4. The highest BCUT2D eigenvalue weighted by atomic mass is 19.4. The van der Waals surface area contributed by atoms with E-state index in [2.05, 4.69) is 4.74 Å². The van der Waals surface area contributed by atoms with Gasteiger partial charge in [-0.25, -0.2) is 0 Å². The molecule has 0 aromatic rings. The van der Waals surface area contributed by atoms with Gasteiger partial charge in [0.05, 0.1) is 0 Å². The number of unbranched alkanes of at least 4 members (excludes halogenated alkanes) is 4. The average Bonchev–Trinajstić information content (AvgIpc) is 2.13. The van der Waals surface area contributed by atoms with Crippen LogP contribution in [-0.2, 0) is 9.53 Å². The van der Waals surface area contributed by atoms with Gasteiger partial charge in [0.25, 0.3) is 0 Å². The molecule has 0 rings (SSSR count). The number of hydrogen-bond donors (Lipinski definition) is 0. The molecule has 0 saturated heterocycles. The van der Waals surface area contributed by atoms with E-state index in [1.807, 2.05) is 0 Å². The van der Waals surface area contributed by atoms with Gasteiger partial charge in [0, 0.05) is 13.0 Å². The van der Waals surface area contributed by atoms with E-state index < -0.39 is 12.8 Å². The summed E-state index contributed by atoms with van der Waals surface area (Å²) in [5.74, 6) is 0.188. The Labute approximate surface area is 94.2 Å². The molecule has 0 amide bonds. The molecule has 0 N–H and O–H groups in total. The van der Waals surface area contributed by atoms with Gasteiger partial charge in [-0.2, -0.15) is 13.2 Å². The van der Waals surface area contributed by atoms with E-state index >= 15 is 0 Å². The molecule has 5 heteroatoms. The van der Waals surface area contributed by atoms with Crippen LogP contribution in [0, 0.1) is 0 Å². The standard InChI is InChI=1S/C11H19F3O2/c1-10(15)7-5-3-2-4-6-8-16-9-11(12,13)14/h2-9H2,1H3. The van der Waals surface area contributed by atoms with Gasteiger partial charge in [-0.05, 0) is 19.8 Å². The lowest BCUT2D eigenvalue weighted by Gasteiger charge is -2.07.